The standard InChI is InChI=1S/C10H8FN5/c1-6-13-14-10-12-9(15-16(6)10)7-3-2-4-8(11)5-7/h2-5H,1H3,(H,12,14,15). The van der Waals surface area contributed by atoms with Crippen molar-refractivity contribution in [3.05, 3.63) is 35.9 Å². The van der Waals surface area contributed by atoms with Crippen LogP contribution in [0.1, 0.15) is 5.82 Å². The Balaban J connectivity index is 2.19. The van der Waals surface area contributed by atoms with Gasteiger partial charge in [0.15, 0.2) is 11.6 Å². The third kappa shape index (κ3) is 1.27. The van der Waals surface area contributed by atoms with E-state index in [1.54, 1.807) is 16.6 Å². The van der Waals surface area contributed by atoms with Gasteiger partial charge in [0.25, 0.3) is 5.78 Å². The summed E-state index contributed by atoms with van der Waals surface area (Å²) in [6.07, 6.45) is 0. The number of nitrogens with zero attached hydrogens (tertiary/aromatic N) is 4. The molecule has 16 heavy (non-hydrogen) atoms. The van der Waals surface area contributed by atoms with Gasteiger partial charge in [-0.3, -0.25) is 5.10 Å². The van der Waals surface area contributed by atoms with Crippen molar-refractivity contribution >= 4 is 5.78 Å². The maximum Gasteiger partial charge on any atom is 0.272 e. The van der Waals surface area contributed by atoms with E-state index in [1.807, 2.05) is 6.92 Å². The maximum atomic E-state index is 13.0. The van der Waals surface area contributed by atoms with Gasteiger partial charge in [-0.05, 0) is 19.1 Å². The summed E-state index contributed by atoms with van der Waals surface area (Å²) in [6.45, 7) is 1.81. The molecule has 0 bridgehead atoms. The lowest BCUT2D eigenvalue weighted by atomic mass is 10.2. The monoisotopic (exact) mass is 217 g/mol. The van der Waals surface area contributed by atoms with Gasteiger partial charge < -0.3 is 0 Å². The number of hydrogen-bond donors (Lipinski definition) is 1. The molecule has 3 rings (SSSR count). The predicted molar refractivity (Wildman–Crippen MR) is 55.3 cm³/mol. The normalized spacial score (nSPS) is 11.1. The number of halogens is 1. The molecular weight excluding hydrogens is 209 g/mol. The average molecular weight is 217 g/mol. The number of aromatic amines is 1. The van der Waals surface area contributed by atoms with E-state index in [-0.39, 0.29) is 5.82 Å². The van der Waals surface area contributed by atoms with E-state index >= 15 is 0 Å². The molecule has 0 fully saturated rings. The Morgan fingerprint density at radius 3 is 2.94 bits per heavy atom. The maximum absolute atomic E-state index is 13.0. The fourth-order valence-corrected chi connectivity index (χ4v) is 1.55. The molecular formula is C10H8FN5. The van der Waals surface area contributed by atoms with Crippen LogP contribution in [0.15, 0.2) is 24.3 Å². The zero-order valence-corrected chi connectivity index (χ0v) is 8.48. The molecule has 0 amide bonds. The van der Waals surface area contributed by atoms with Gasteiger partial charge >= 0.3 is 0 Å². The SMILES string of the molecule is Cc1nnc2nc(-c3cccc(F)c3)[nH]n12. The smallest absolute Gasteiger partial charge is 0.272 e. The van der Waals surface area contributed by atoms with Crippen molar-refractivity contribution in [2.75, 3.05) is 0 Å². The van der Waals surface area contributed by atoms with Gasteiger partial charge in [0.1, 0.15) is 5.82 Å². The topological polar surface area (TPSA) is 58.9 Å². The summed E-state index contributed by atoms with van der Waals surface area (Å²) in [6, 6.07) is 6.23. The molecule has 0 aliphatic rings. The van der Waals surface area contributed by atoms with Crippen LogP contribution in [0, 0.1) is 12.7 Å². The Morgan fingerprint density at radius 1 is 1.31 bits per heavy atom. The first-order valence-corrected chi connectivity index (χ1v) is 4.78. The third-order valence-electron chi connectivity index (χ3n) is 2.34. The summed E-state index contributed by atoms with van der Waals surface area (Å²) in [4.78, 5) is 4.21. The molecule has 2 aromatic heterocycles. The number of fused-ring (bicyclic) bond motifs is 1. The molecule has 0 saturated heterocycles. The molecule has 0 spiro atoms. The minimum atomic E-state index is -0.290. The fourth-order valence-electron chi connectivity index (χ4n) is 1.55. The zero-order chi connectivity index (χ0) is 11.1. The summed E-state index contributed by atoms with van der Waals surface area (Å²) in [7, 11) is 0. The highest BCUT2D eigenvalue weighted by atomic mass is 19.1. The fraction of sp³-hybridized carbons (Fsp3) is 0.100. The molecule has 0 aliphatic carbocycles. The van der Waals surface area contributed by atoms with Crippen molar-refractivity contribution in [2.45, 2.75) is 6.92 Å². The number of aromatic nitrogens is 5. The van der Waals surface area contributed by atoms with Gasteiger partial charge in [0.05, 0.1) is 0 Å². The van der Waals surface area contributed by atoms with Gasteiger partial charge in [-0.1, -0.05) is 12.1 Å². The van der Waals surface area contributed by atoms with E-state index in [2.05, 4.69) is 20.3 Å². The van der Waals surface area contributed by atoms with Gasteiger partial charge in [0, 0.05) is 5.56 Å². The first-order valence-electron chi connectivity index (χ1n) is 4.78. The quantitative estimate of drug-likeness (QED) is 0.673. The molecule has 2 heterocycles. The number of aryl methyl sites for hydroxylation is 1. The van der Waals surface area contributed by atoms with Gasteiger partial charge in [-0.25, -0.2) is 8.91 Å². The summed E-state index contributed by atoms with van der Waals surface area (Å²) in [5.74, 6) is 1.48. The lowest BCUT2D eigenvalue weighted by Crippen LogP contribution is -1.89. The van der Waals surface area contributed by atoms with Crippen LogP contribution in [-0.2, 0) is 0 Å². The van der Waals surface area contributed by atoms with Crippen LogP contribution in [0.25, 0.3) is 17.2 Å². The van der Waals surface area contributed by atoms with Crippen LogP contribution in [0.3, 0.4) is 0 Å². The van der Waals surface area contributed by atoms with Crippen molar-refractivity contribution in [2.24, 2.45) is 0 Å². The first kappa shape index (κ1) is 9.02. The number of rotatable bonds is 1. The molecule has 0 saturated carbocycles. The molecule has 6 heteroatoms. The molecule has 80 valence electrons. The molecule has 1 N–H and O–H groups in total. The van der Waals surface area contributed by atoms with E-state index < -0.39 is 0 Å². The Kier molecular flexibility index (Phi) is 1.76. The van der Waals surface area contributed by atoms with E-state index in [4.69, 9.17) is 0 Å². The van der Waals surface area contributed by atoms with Crippen LogP contribution >= 0.6 is 0 Å². The molecule has 3 aromatic rings. The number of hydrogen-bond acceptors (Lipinski definition) is 3. The summed E-state index contributed by atoms with van der Waals surface area (Å²) < 4.78 is 14.7. The molecule has 5 nitrogen and oxygen atoms in total. The Bertz CT molecular complexity index is 654. The van der Waals surface area contributed by atoms with Gasteiger partial charge in [-0.15, -0.1) is 10.2 Å². The van der Waals surface area contributed by atoms with Crippen molar-refractivity contribution in [3.8, 4) is 11.4 Å². The summed E-state index contributed by atoms with van der Waals surface area (Å²) >= 11 is 0. The van der Waals surface area contributed by atoms with Crippen molar-refractivity contribution in [1.29, 1.82) is 0 Å². The van der Waals surface area contributed by atoms with Crippen LogP contribution in [0.5, 0.6) is 0 Å². The molecule has 0 atom stereocenters. The second-order valence-corrected chi connectivity index (χ2v) is 3.47. The highest BCUT2D eigenvalue weighted by molar-refractivity contribution is 5.56. The largest absolute Gasteiger partial charge is 0.272 e. The number of nitrogens with one attached hydrogen (secondary N) is 1. The zero-order valence-electron chi connectivity index (χ0n) is 8.48. The van der Waals surface area contributed by atoms with E-state index in [1.165, 1.54) is 12.1 Å². The third-order valence-corrected chi connectivity index (χ3v) is 2.34. The predicted octanol–water partition coefficient (Wildman–Crippen LogP) is 1.57. The van der Waals surface area contributed by atoms with Crippen LogP contribution in [-0.4, -0.2) is 24.8 Å². The lowest BCUT2D eigenvalue weighted by Gasteiger charge is -1.95. The van der Waals surface area contributed by atoms with Crippen LogP contribution in [0.4, 0.5) is 4.39 Å². The Hall–Kier alpha value is -2.24. The number of benzene rings is 1. The second kappa shape index (κ2) is 3.13. The Morgan fingerprint density at radius 2 is 2.19 bits per heavy atom. The van der Waals surface area contributed by atoms with Crippen LogP contribution < -0.4 is 0 Å². The van der Waals surface area contributed by atoms with Crippen LogP contribution in [0.2, 0.25) is 0 Å². The minimum Gasteiger partial charge on any atom is -0.272 e. The minimum absolute atomic E-state index is 0.290. The first-order chi connectivity index (χ1) is 7.74. The second-order valence-electron chi connectivity index (χ2n) is 3.47. The van der Waals surface area contributed by atoms with E-state index in [9.17, 15) is 4.39 Å². The van der Waals surface area contributed by atoms with E-state index in [0.29, 0.717) is 23.0 Å². The van der Waals surface area contributed by atoms with Crippen molar-refractivity contribution in [1.82, 2.24) is 24.8 Å². The average Bonchev–Trinajstić information content (AvgIpc) is 2.81. The van der Waals surface area contributed by atoms with Crippen molar-refractivity contribution in [3.63, 3.8) is 0 Å². The Labute approximate surface area is 89.9 Å². The molecule has 1 aromatic carbocycles. The molecule has 0 aliphatic heterocycles. The molecule has 0 radical (unpaired) electrons. The van der Waals surface area contributed by atoms with Gasteiger partial charge in [-0.2, -0.15) is 4.98 Å². The summed E-state index contributed by atoms with van der Waals surface area (Å²) in [5, 5.41) is 10.7. The highest BCUT2D eigenvalue weighted by Crippen LogP contribution is 2.16. The molecule has 0 unspecified atom stereocenters. The van der Waals surface area contributed by atoms with Gasteiger partial charge in [0.2, 0.25) is 0 Å². The van der Waals surface area contributed by atoms with E-state index in [0.717, 1.165) is 0 Å². The summed E-state index contributed by atoms with van der Waals surface area (Å²) in [5.41, 5.74) is 0.685. The lowest BCUT2D eigenvalue weighted by molar-refractivity contribution is 0.628. The highest BCUT2D eigenvalue weighted by Gasteiger charge is 2.09. The van der Waals surface area contributed by atoms with Crippen molar-refractivity contribution < 1.29 is 4.39 Å². The number of H-pyrrole nitrogens is 1.